The predicted molar refractivity (Wildman–Crippen MR) is 158 cm³/mol. The first kappa shape index (κ1) is 28.8. The second-order valence-electron chi connectivity index (χ2n) is 11.0. The summed E-state index contributed by atoms with van der Waals surface area (Å²) < 4.78 is 30.2. The molecule has 13 heteroatoms. The fourth-order valence-corrected chi connectivity index (χ4v) is 6.20. The number of carbonyl (C=O) groups excluding carboxylic acids is 2. The monoisotopic (exact) mass is 609 g/mol. The molecule has 4 aromatic rings. The van der Waals surface area contributed by atoms with Crippen LogP contribution < -0.4 is 21.2 Å². The minimum Gasteiger partial charge on any atom is -0.349 e. The number of imidazole rings is 1. The third-order valence-corrected chi connectivity index (χ3v) is 8.44. The summed E-state index contributed by atoms with van der Waals surface area (Å²) in [5.41, 5.74) is 2.04. The van der Waals surface area contributed by atoms with Gasteiger partial charge in [0.2, 0.25) is 0 Å². The number of aryl methyl sites for hydroxylation is 1. The molecule has 10 nitrogen and oxygen atoms in total. The number of benzene rings is 1. The number of rotatable bonds is 7. The fraction of sp³-hybridized carbons (Fsp3) is 0.367. The molecule has 3 amide bonds. The Hall–Kier alpha value is -4.32. The van der Waals surface area contributed by atoms with E-state index in [0.717, 1.165) is 35.6 Å². The number of nitrogens with one attached hydrogen (secondary N) is 2. The number of nitrogens with zero attached hydrogens (tertiary/aromatic N) is 5. The summed E-state index contributed by atoms with van der Waals surface area (Å²) >= 11 is 5.91. The topological polar surface area (TPSA) is 114 Å². The number of pyridine rings is 2. The predicted octanol–water partition coefficient (Wildman–Crippen LogP) is 5.00. The van der Waals surface area contributed by atoms with Crippen LogP contribution in [0, 0.1) is 12.8 Å². The van der Waals surface area contributed by atoms with Crippen LogP contribution in [0.25, 0.3) is 16.7 Å². The normalized spacial score (nSPS) is 18.8. The lowest BCUT2D eigenvalue weighted by Crippen LogP contribution is -2.39. The molecule has 0 unspecified atom stereocenters. The molecular weight excluding hydrogens is 580 g/mol. The summed E-state index contributed by atoms with van der Waals surface area (Å²) in [4.78, 5) is 48.5. The van der Waals surface area contributed by atoms with Gasteiger partial charge in [0.25, 0.3) is 12.3 Å². The largest absolute Gasteiger partial charge is 0.349 e. The number of para-hydroxylation sites is 2. The maximum atomic E-state index is 13.9. The third-order valence-electron chi connectivity index (χ3n) is 8.24. The second kappa shape index (κ2) is 11.8. The number of amides is 3. The standard InChI is InChI=1S/C30H30ClF2N7O3/c1-17-12-25(38-11-10-34-29(38)42)35-15-24(17)40-23-5-3-2-4-22(23)39(30(40)43)16-18-6-8-20(9-7-18)37-28(41)21-13-19(31)14-36-26(21)27(32)33/h2-5,12-15,18,20,27H,6-11,16H2,1H3,(H,34,42)(H,37,41)/t18-,20-. The zero-order valence-electron chi connectivity index (χ0n) is 23.4. The lowest BCUT2D eigenvalue weighted by molar-refractivity contribution is 0.0904. The molecule has 1 saturated carbocycles. The quantitative estimate of drug-likeness (QED) is 0.306. The number of fused-ring (bicyclic) bond motifs is 1. The average molecular weight is 610 g/mol. The molecule has 224 valence electrons. The molecule has 43 heavy (non-hydrogen) atoms. The summed E-state index contributed by atoms with van der Waals surface area (Å²) in [6, 6.07) is 10.3. The molecule has 1 saturated heterocycles. The van der Waals surface area contributed by atoms with Crippen molar-refractivity contribution < 1.29 is 18.4 Å². The van der Waals surface area contributed by atoms with E-state index in [4.69, 9.17) is 11.6 Å². The smallest absolute Gasteiger partial charge is 0.333 e. The van der Waals surface area contributed by atoms with Crippen molar-refractivity contribution in [3.63, 3.8) is 0 Å². The highest BCUT2D eigenvalue weighted by atomic mass is 35.5. The lowest BCUT2D eigenvalue weighted by Gasteiger charge is -2.29. The van der Waals surface area contributed by atoms with E-state index < -0.39 is 18.0 Å². The number of anilines is 1. The zero-order valence-corrected chi connectivity index (χ0v) is 24.2. The van der Waals surface area contributed by atoms with Crippen molar-refractivity contribution in [1.29, 1.82) is 0 Å². The van der Waals surface area contributed by atoms with Crippen LogP contribution in [0.15, 0.2) is 53.6 Å². The number of halogens is 3. The molecule has 1 aromatic carbocycles. The molecule has 2 aliphatic rings. The zero-order chi connectivity index (χ0) is 30.2. The van der Waals surface area contributed by atoms with Gasteiger partial charge in [-0.2, -0.15) is 0 Å². The molecule has 0 bridgehead atoms. The Morgan fingerprint density at radius 1 is 1.09 bits per heavy atom. The molecule has 2 N–H and O–H groups in total. The van der Waals surface area contributed by atoms with Crippen LogP contribution in [-0.4, -0.2) is 50.2 Å². The summed E-state index contributed by atoms with van der Waals surface area (Å²) in [5, 5.41) is 5.75. The van der Waals surface area contributed by atoms with Crippen molar-refractivity contribution in [3.8, 4) is 5.69 Å². The van der Waals surface area contributed by atoms with E-state index in [-0.39, 0.29) is 34.3 Å². The van der Waals surface area contributed by atoms with Gasteiger partial charge >= 0.3 is 11.7 Å². The Labute approximate surface area is 250 Å². The first-order valence-corrected chi connectivity index (χ1v) is 14.6. The summed E-state index contributed by atoms with van der Waals surface area (Å²) in [7, 11) is 0. The van der Waals surface area contributed by atoms with Crippen LogP contribution in [-0.2, 0) is 6.54 Å². The van der Waals surface area contributed by atoms with E-state index in [1.807, 2.05) is 37.3 Å². The van der Waals surface area contributed by atoms with Gasteiger partial charge in [0.15, 0.2) is 0 Å². The van der Waals surface area contributed by atoms with Gasteiger partial charge in [0.05, 0.1) is 33.5 Å². The highest BCUT2D eigenvalue weighted by Crippen LogP contribution is 2.29. The van der Waals surface area contributed by atoms with Gasteiger partial charge in [-0.05, 0) is 68.4 Å². The average Bonchev–Trinajstić information content (AvgIpc) is 3.54. The molecular formula is C30H30ClF2N7O3. The fourth-order valence-electron chi connectivity index (χ4n) is 6.04. The SMILES string of the molecule is Cc1cc(N2CCNC2=O)ncc1-n1c(=O)n(C[C@H]2CC[C@H](NC(=O)c3cc(Cl)cnc3C(F)F)CC2)c2ccccc21. The molecule has 0 radical (unpaired) electrons. The lowest BCUT2D eigenvalue weighted by atomic mass is 9.85. The Kier molecular flexibility index (Phi) is 7.87. The van der Waals surface area contributed by atoms with E-state index in [0.29, 0.717) is 44.0 Å². The Morgan fingerprint density at radius 3 is 2.51 bits per heavy atom. The van der Waals surface area contributed by atoms with Crippen LogP contribution >= 0.6 is 11.6 Å². The van der Waals surface area contributed by atoms with Crippen LogP contribution in [0.3, 0.4) is 0 Å². The number of hydrogen-bond acceptors (Lipinski definition) is 5. The summed E-state index contributed by atoms with van der Waals surface area (Å²) in [6.45, 7) is 3.48. The third kappa shape index (κ3) is 5.58. The summed E-state index contributed by atoms with van der Waals surface area (Å²) in [6.07, 6.45) is 2.65. The van der Waals surface area contributed by atoms with Crippen molar-refractivity contribution >= 4 is 40.4 Å². The maximum absolute atomic E-state index is 13.9. The molecule has 0 spiro atoms. The second-order valence-corrected chi connectivity index (χ2v) is 11.4. The molecule has 4 heterocycles. The Morgan fingerprint density at radius 2 is 1.84 bits per heavy atom. The number of aromatic nitrogens is 4. The first-order valence-electron chi connectivity index (χ1n) is 14.2. The van der Waals surface area contributed by atoms with Crippen LogP contribution in [0.2, 0.25) is 5.02 Å². The van der Waals surface area contributed by atoms with Gasteiger partial charge in [-0.3, -0.25) is 23.8 Å². The highest BCUT2D eigenvalue weighted by molar-refractivity contribution is 6.30. The molecule has 2 fully saturated rings. The van der Waals surface area contributed by atoms with Gasteiger partial charge in [-0.1, -0.05) is 23.7 Å². The number of carbonyl (C=O) groups is 2. The van der Waals surface area contributed by atoms with E-state index in [1.54, 1.807) is 20.2 Å². The molecule has 1 aliphatic heterocycles. The molecule has 3 aromatic heterocycles. The van der Waals surface area contributed by atoms with Crippen molar-refractivity contribution in [3.05, 3.63) is 81.1 Å². The van der Waals surface area contributed by atoms with Crippen molar-refractivity contribution in [2.45, 2.75) is 51.6 Å². The van der Waals surface area contributed by atoms with Gasteiger partial charge in [0, 0.05) is 31.9 Å². The Balaban J connectivity index is 1.18. The van der Waals surface area contributed by atoms with Crippen LogP contribution in [0.1, 0.15) is 53.7 Å². The van der Waals surface area contributed by atoms with Gasteiger partial charge in [-0.25, -0.2) is 23.4 Å². The van der Waals surface area contributed by atoms with Crippen LogP contribution in [0.5, 0.6) is 0 Å². The van der Waals surface area contributed by atoms with E-state index in [9.17, 15) is 23.2 Å². The van der Waals surface area contributed by atoms with E-state index >= 15 is 0 Å². The number of urea groups is 1. The highest BCUT2D eigenvalue weighted by Gasteiger charge is 2.28. The van der Waals surface area contributed by atoms with Crippen molar-refractivity contribution in [2.75, 3.05) is 18.0 Å². The molecule has 6 rings (SSSR count). The van der Waals surface area contributed by atoms with Crippen LogP contribution in [0.4, 0.5) is 19.4 Å². The number of hydrogen-bond donors (Lipinski definition) is 2. The number of alkyl halides is 2. The van der Waals surface area contributed by atoms with E-state index in [1.165, 1.54) is 6.07 Å². The minimum atomic E-state index is -2.89. The van der Waals surface area contributed by atoms with Gasteiger partial charge < -0.3 is 10.6 Å². The molecule has 1 aliphatic carbocycles. The van der Waals surface area contributed by atoms with E-state index in [2.05, 4.69) is 20.6 Å². The first-order chi connectivity index (χ1) is 20.7. The minimum absolute atomic E-state index is 0.115. The Bertz CT molecular complexity index is 1760. The van der Waals surface area contributed by atoms with Crippen molar-refractivity contribution in [1.82, 2.24) is 29.7 Å². The maximum Gasteiger partial charge on any atom is 0.333 e. The van der Waals surface area contributed by atoms with Gasteiger partial charge in [0.1, 0.15) is 11.5 Å². The molecule has 0 atom stereocenters. The summed E-state index contributed by atoms with van der Waals surface area (Å²) in [5.74, 6) is 0.104. The van der Waals surface area contributed by atoms with Crippen molar-refractivity contribution in [2.24, 2.45) is 5.92 Å². The van der Waals surface area contributed by atoms with Gasteiger partial charge in [-0.15, -0.1) is 0 Å².